The van der Waals surface area contributed by atoms with Crippen LogP contribution in [0.3, 0.4) is 0 Å². The molecule has 1 aromatic rings. The summed E-state index contributed by atoms with van der Waals surface area (Å²) in [7, 11) is 0. The van der Waals surface area contributed by atoms with Gasteiger partial charge >= 0.3 is 11.9 Å². The standard InChI is InChI=1S/C10H9NO6/c1-10(8(12)13,9(14)15)6-2-4-7(5-3-6)11(16)17/h2-5H,1H3,(H,12,13)(H,14,15). The predicted molar refractivity (Wildman–Crippen MR) is 55.7 cm³/mol. The molecule has 0 fully saturated rings. The zero-order valence-electron chi connectivity index (χ0n) is 8.78. The molecule has 0 heterocycles. The Balaban J connectivity index is 3.27. The lowest BCUT2D eigenvalue weighted by Crippen LogP contribution is -2.40. The van der Waals surface area contributed by atoms with Crippen LogP contribution < -0.4 is 0 Å². The molecular formula is C10H9NO6. The van der Waals surface area contributed by atoms with E-state index in [2.05, 4.69) is 0 Å². The van der Waals surface area contributed by atoms with Crippen LogP contribution >= 0.6 is 0 Å². The maximum atomic E-state index is 11.0. The van der Waals surface area contributed by atoms with Gasteiger partial charge in [-0.3, -0.25) is 19.7 Å². The van der Waals surface area contributed by atoms with Crippen LogP contribution in [0.1, 0.15) is 12.5 Å². The average Bonchev–Trinajstić information content (AvgIpc) is 2.27. The molecule has 1 aromatic carbocycles. The van der Waals surface area contributed by atoms with Crippen molar-refractivity contribution in [1.29, 1.82) is 0 Å². The molecule has 2 N–H and O–H groups in total. The predicted octanol–water partition coefficient (Wildman–Crippen LogP) is 1.02. The Hall–Kier alpha value is -2.44. The zero-order valence-corrected chi connectivity index (χ0v) is 8.78. The summed E-state index contributed by atoms with van der Waals surface area (Å²) in [6.07, 6.45) is 0. The number of benzene rings is 1. The second-order valence-corrected chi connectivity index (χ2v) is 3.54. The molecule has 0 unspecified atom stereocenters. The van der Waals surface area contributed by atoms with Crippen molar-refractivity contribution in [2.75, 3.05) is 0 Å². The molecular weight excluding hydrogens is 230 g/mol. The van der Waals surface area contributed by atoms with E-state index in [1.54, 1.807) is 0 Å². The molecule has 0 aliphatic heterocycles. The summed E-state index contributed by atoms with van der Waals surface area (Å²) in [4.78, 5) is 31.7. The summed E-state index contributed by atoms with van der Waals surface area (Å²) < 4.78 is 0. The van der Waals surface area contributed by atoms with Crippen LogP contribution in [0.25, 0.3) is 0 Å². The number of hydrogen-bond acceptors (Lipinski definition) is 4. The molecule has 7 nitrogen and oxygen atoms in total. The van der Waals surface area contributed by atoms with E-state index in [-0.39, 0.29) is 11.3 Å². The molecule has 7 heteroatoms. The average molecular weight is 239 g/mol. The molecule has 0 bridgehead atoms. The van der Waals surface area contributed by atoms with E-state index in [1.165, 1.54) is 0 Å². The Kier molecular flexibility index (Phi) is 3.12. The quantitative estimate of drug-likeness (QED) is 0.460. The molecule has 0 aromatic heterocycles. The first-order chi connectivity index (χ1) is 7.80. The second kappa shape index (κ2) is 4.20. The molecule has 90 valence electrons. The minimum absolute atomic E-state index is 0.0249. The molecule has 17 heavy (non-hydrogen) atoms. The van der Waals surface area contributed by atoms with Crippen LogP contribution in [0.4, 0.5) is 5.69 Å². The molecule has 0 aliphatic carbocycles. The fraction of sp³-hybridized carbons (Fsp3) is 0.200. The van der Waals surface area contributed by atoms with Crippen LogP contribution in [0.5, 0.6) is 0 Å². The number of carboxylic acid groups (broad SMARTS) is 2. The largest absolute Gasteiger partial charge is 0.480 e. The summed E-state index contributed by atoms with van der Waals surface area (Å²) in [5, 5.41) is 28.2. The van der Waals surface area contributed by atoms with E-state index in [0.717, 1.165) is 31.2 Å². The monoisotopic (exact) mass is 239 g/mol. The topological polar surface area (TPSA) is 118 Å². The van der Waals surface area contributed by atoms with Crippen LogP contribution in [0, 0.1) is 10.1 Å². The second-order valence-electron chi connectivity index (χ2n) is 3.54. The number of carboxylic acids is 2. The zero-order chi connectivity index (χ0) is 13.2. The van der Waals surface area contributed by atoms with Gasteiger partial charge in [0.2, 0.25) is 0 Å². The van der Waals surface area contributed by atoms with Gasteiger partial charge in [0, 0.05) is 12.1 Å². The first-order valence-corrected chi connectivity index (χ1v) is 4.52. The minimum atomic E-state index is -2.12. The summed E-state index contributed by atoms with van der Waals surface area (Å²) in [6, 6.07) is 4.39. The molecule has 0 saturated carbocycles. The third-order valence-corrected chi connectivity index (χ3v) is 2.51. The summed E-state index contributed by atoms with van der Waals surface area (Å²) in [5.74, 6) is -3.06. The Labute approximate surface area is 95.5 Å². The first-order valence-electron chi connectivity index (χ1n) is 4.52. The number of aliphatic carboxylic acids is 2. The van der Waals surface area contributed by atoms with Crippen molar-refractivity contribution in [3.8, 4) is 0 Å². The van der Waals surface area contributed by atoms with Gasteiger partial charge in [-0.05, 0) is 12.5 Å². The van der Waals surface area contributed by atoms with Gasteiger partial charge < -0.3 is 10.2 Å². The maximum absolute atomic E-state index is 11.0. The number of non-ortho nitro benzene ring substituents is 1. The highest BCUT2D eigenvalue weighted by Crippen LogP contribution is 2.26. The number of rotatable bonds is 4. The lowest BCUT2D eigenvalue weighted by Gasteiger charge is -2.19. The van der Waals surface area contributed by atoms with Gasteiger partial charge in [0.1, 0.15) is 0 Å². The van der Waals surface area contributed by atoms with E-state index >= 15 is 0 Å². The molecule has 0 saturated heterocycles. The summed E-state index contributed by atoms with van der Waals surface area (Å²) >= 11 is 0. The van der Waals surface area contributed by atoms with Crippen molar-refractivity contribution in [3.63, 3.8) is 0 Å². The smallest absolute Gasteiger partial charge is 0.325 e. The number of carbonyl (C=O) groups is 2. The molecule has 1 rings (SSSR count). The van der Waals surface area contributed by atoms with E-state index in [1.807, 2.05) is 0 Å². The van der Waals surface area contributed by atoms with Gasteiger partial charge in [-0.1, -0.05) is 12.1 Å². The lowest BCUT2D eigenvalue weighted by atomic mass is 9.82. The summed E-state index contributed by atoms with van der Waals surface area (Å²) in [6.45, 7) is 1.03. The fourth-order valence-corrected chi connectivity index (χ4v) is 1.25. The van der Waals surface area contributed by atoms with Gasteiger partial charge in [-0.25, -0.2) is 0 Å². The third kappa shape index (κ3) is 2.07. The van der Waals surface area contributed by atoms with Crippen molar-refractivity contribution in [2.45, 2.75) is 12.3 Å². The maximum Gasteiger partial charge on any atom is 0.325 e. The highest BCUT2D eigenvalue weighted by molar-refractivity contribution is 6.04. The Morgan fingerprint density at radius 2 is 1.59 bits per heavy atom. The van der Waals surface area contributed by atoms with Crippen molar-refractivity contribution in [3.05, 3.63) is 39.9 Å². The number of nitrogens with zero attached hydrogens (tertiary/aromatic N) is 1. The molecule has 0 amide bonds. The number of hydrogen-bond donors (Lipinski definition) is 2. The van der Waals surface area contributed by atoms with Crippen LogP contribution in [0.2, 0.25) is 0 Å². The van der Waals surface area contributed by atoms with Gasteiger partial charge in [0.05, 0.1) is 4.92 Å². The minimum Gasteiger partial charge on any atom is -0.480 e. The van der Waals surface area contributed by atoms with Gasteiger partial charge in [-0.2, -0.15) is 0 Å². The van der Waals surface area contributed by atoms with E-state index in [4.69, 9.17) is 10.2 Å². The third-order valence-electron chi connectivity index (χ3n) is 2.51. The number of nitro groups is 1. The fourth-order valence-electron chi connectivity index (χ4n) is 1.25. The SMILES string of the molecule is CC(C(=O)O)(C(=O)O)c1ccc([N+](=O)[O-])cc1. The number of nitro benzene ring substituents is 1. The summed E-state index contributed by atoms with van der Waals surface area (Å²) in [5.41, 5.74) is -2.37. The van der Waals surface area contributed by atoms with Crippen molar-refractivity contribution in [1.82, 2.24) is 0 Å². The van der Waals surface area contributed by atoms with Crippen LogP contribution in [-0.2, 0) is 15.0 Å². The van der Waals surface area contributed by atoms with Gasteiger partial charge in [0.15, 0.2) is 5.41 Å². The molecule has 0 atom stereocenters. The van der Waals surface area contributed by atoms with Crippen LogP contribution in [-0.4, -0.2) is 27.1 Å². The van der Waals surface area contributed by atoms with E-state index in [0.29, 0.717) is 0 Å². The Morgan fingerprint density at radius 1 is 1.18 bits per heavy atom. The van der Waals surface area contributed by atoms with E-state index in [9.17, 15) is 19.7 Å². The Morgan fingerprint density at radius 3 is 1.88 bits per heavy atom. The van der Waals surface area contributed by atoms with Crippen molar-refractivity contribution in [2.24, 2.45) is 0 Å². The highest BCUT2D eigenvalue weighted by Gasteiger charge is 2.43. The molecule has 0 spiro atoms. The van der Waals surface area contributed by atoms with E-state index < -0.39 is 22.3 Å². The van der Waals surface area contributed by atoms with Gasteiger partial charge in [0.25, 0.3) is 5.69 Å². The molecule has 0 radical (unpaired) electrons. The van der Waals surface area contributed by atoms with Crippen molar-refractivity contribution < 1.29 is 24.7 Å². The van der Waals surface area contributed by atoms with Crippen molar-refractivity contribution >= 4 is 17.6 Å². The normalized spacial score (nSPS) is 10.9. The lowest BCUT2D eigenvalue weighted by molar-refractivity contribution is -0.384. The molecule has 0 aliphatic rings. The van der Waals surface area contributed by atoms with Gasteiger partial charge in [-0.15, -0.1) is 0 Å². The van der Waals surface area contributed by atoms with Crippen LogP contribution in [0.15, 0.2) is 24.3 Å². The Bertz CT molecular complexity index is 464. The first kappa shape index (κ1) is 12.6. The highest BCUT2D eigenvalue weighted by atomic mass is 16.6.